The number of rotatable bonds is 5. The molecule has 0 heterocycles. The third-order valence-electron chi connectivity index (χ3n) is 3.16. The molecule has 1 saturated carbocycles. The zero-order valence-corrected chi connectivity index (χ0v) is 9.55. The maximum atomic E-state index is 5.38. The van der Waals surface area contributed by atoms with Crippen molar-refractivity contribution in [2.24, 2.45) is 17.8 Å². The van der Waals surface area contributed by atoms with Crippen LogP contribution in [0.3, 0.4) is 0 Å². The van der Waals surface area contributed by atoms with Crippen LogP contribution in [0.5, 0.6) is 0 Å². The summed E-state index contributed by atoms with van der Waals surface area (Å²) < 4.78 is 0. The van der Waals surface area contributed by atoms with Crippen LogP contribution < -0.4 is 5.32 Å². The van der Waals surface area contributed by atoms with Crippen molar-refractivity contribution in [1.29, 1.82) is 0 Å². The molecule has 14 heavy (non-hydrogen) atoms. The van der Waals surface area contributed by atoms with Gasteiger partial charge in [0.1, 0.15) is 0 Å². The zero-order chi connectivity index (χ0) is 10.4. The van der Waals surface area contributed by atoms with Gasteiger partial charge in [0.25, 0.3) is 0 Å². The van der Waals surface area contributed by atoms with E-state index >= 15 is 0 Å². The summed E-state index contributed by atoms with van der Waals surface area (Å²) in [6, 6.07) is 0. The molecule has 1 nitrogen and oxygen atoms in total. The van der Waals surface area contributed by atoms with Crippen LogP contribution in [0.15, 0.2) is 0 Å². The maximum absolute atomic E-state index is 5.38. The Bertz CT molecular complexity index is 190. The van der Waals surface area contributed by atoms with Gasteiger partial charge >= 0.3 is 0 Å². The van der Waals surface area contributed by atoms with Crippen molar-refractivity contribution in [2.75, 3.05) is 13.1 Å². The average molecular weight is 193 g/mol. The summed E-state index contributed by atoms with van der Waals surface area (Å²) in [5.74, 6) is 5.19. The molecular formula is C13H23N. The van der Waals surface area contributed by atoms with Crippen LogP contribution in [0.4, 0.5) is 0 Å². The number of hydrogen-bond acceptors (Lipinski definition) is 1. The van der Waals surface area contributed by atoms with E-state index < -0.39 is 0 Å². The molecule has 0 amide bonds. The van der Waals surface area contributed by atoms with Gasteiger partial charge in [0.15, 0.2) is 0 Å². The summed E-state index contributed by atoms with van der Waals surface area (Å²) in [5, 5.41) is 3.55. The van der Waals surface area contributed by atoms with Crippen molar-refractivity contribution in [3.05, 3.63) is 0 Å². The molecule has 1 aliphatic rings. The lowest BCUT2D eigenvalue weighted by Gasteiger charge is -2.18. The molecule has 2 atom stereocenters. The Balaban J connectivity index is 2.19. The van der Waals surface area contributed by atoms with Crippen LogP contribution in [0.2, 0.25) is 0 Å². The third-order valence-corrected chi connectivity index (χ3v) is 3.16. The molecule has 0 aromatic heterocycles. The van der Waals surface area contributed by atoms with Gasteiger partial charge in [0, 0.05) is 6.42 Å². The molecule has 1 fully saturated rings. The van der Waals surface area contributed by atoms with E-state index in [9.17, 15) is 0 Å². The van der Waals surface area contributed by atoms with E-state index in [0.29, 0.717) is 0 Å². The van der Waals surface area contributed by atoms with Gasteiger partial charge in [-0.15, -0.1) is 12.3 Å². The van der Waals surface area contributed by atoms with E-state index in [2.05, 4.69) is 25.1 Å². The molecule has 0 aromatic rings. The fraction of sp³-hybridized carbons (Fsp3) is 0.846. The Kier molecular flexibility index (Phi) is 5.04. The second-order valence-corrected chi connectivity index (χ2v) is 4.91. The van der Waals surface area contributed by atoms with Gasteiger partial charge in [-0.25, -0.2) is 0 Å². The fourth-order valence-corrected chi connectivity index (χ4v) is 2.36. The van der Waals surface area contributed by atoms with Gasteiger partial charge < -0.3 is 5.32 Å². The molecule has 1 heteroatoms. The summed E-state index contributed by atoms with van der Waals surface area (Å²) in [7, 11) is 0. The summed E-state index contributed by atoms with van der Waals surface area (Å²) >= 11 is 0. The molecule has 0 aliphatic heterocycles. The highest BCUT2D eigenvalue weighted by Crippen LogP contribution is 2.33. The molecule has 0 radical (unpaired) electrons. The smallest absolute Gasteiger partial charge is 0.0117 e. The van der Waals surface area contributed by atoms with Crippen LogP contribution >= 0.6 is 0 Å². The first kappa shape index (κ1) is 11.6. The fourth-order valence-electron chi connectivity index (χ4n) is 2.36. The molecule has 0 aromatic carbocycles. The second-order valence-electron chi connectivity index (χ2n) is 4.91. The Hall–Kier alpha value is -0.480. The molecular weight excluding hydrogens is 170 g/mol. The first-order valence-electron chi connectivity index (χ1n) is 5.88. The monoisotopic (exact) mass is 193 g/mol. The number of hydrogen-bond donors (Lipinski definition) is 1. The number of terminal acetylenes is 1. The van der Waals surface area contributed by atoms with Crippen molar-refractivity contribution in [3.8, 4) is 12.3 Å². The summed E-state index contributed by atoms with van der Waals surface area (Å²) in [4.78, 5) is 0. The van der Waals surface area contributed by atoms with Crippen molar-refractivity contribution in [2.45, 2.75) is 39.5 Å². The normalized spacial score (nSPS) is 26.7. The van der Waals surface area contributed by atoms with Gasteiger partial charge in [0.05, 0.1) is 0 Å². The lowest BCUT2D eigenvalue weighted by Crippen LogP contribution is -2.28. The second kappa shape index (κ2) is 6.09. The van der Waals surface area contributed by atoms with Crippen molar-refractivity contribution < 1.29 is 0 Å². The van der Waals surface area contributed by atoms with Gasteiger partial charge in [-0.05, 0) is 43.7 Å². The van der Waals surface area contributed by atoms with Gasteiger partial charge in [-0.3, -0.25) is 0 Å². The Labute approximate surface area is 88.7 Å². The van der Waals surface area contributed by atoms with Crippen molar-refractivity contribution in [3.63, 3.8) is 0 Å². The maximum Gasteiger partial charge on any atom is 0.0117 e. The molecule has 80 valence electrons. The Morgan fingerprint density at radius 3 is 2.71 bits per heavy atom. The van der Waals surface area contributed by atoms with E-state index in [1.54, 1.807) is 0 Å². The van der Waals surface area contributed by atoms with Crippen LogP contribution in [0, 0.1) is 30.1 Å². The first-order valence-corrected chi connectivity index (χ1v) is 5.88. The first-order chi connectivity index (χ1) is 6.74. The van der Waals surface area contributed by atoms with E-state index in [1.807, 2.05) is 0 Å². The van der Waals surface area contributed by atoms with E-state index in [4.69, 9.17) is 6.42 Å². The van der Waals surface area contributed by atoms with Crippen LogP contribution in [0.1, 0.15) is 39.5 Å². The summed E-state index contributed by atoms with van der Waals surface area (Å²) in [6.07, 6.45) is 10.5. The van der Waals surface area contributed by atoms with E-state index in [1.165, 1.54) is 25.8 Å². The highest BCUT2D eigenvalue weighted by molar-refractivity contribution is 4.91. The van der Waals surface area contributed by atoms with Gasteiger partial charge in [-0.1, -0.05) is 20.3 Å². The Morgan fingerprint density at radius 1 is 1.36 bits per heavy atom. The minimum absolute atomic E-state index is 0.752. The molecule has 0 saturated heterocycles. The predicted molar refractivity (Wildman–Crippen MR) is 62.0 cm³/mol. The molecule has 2 unspecified atom stereocenters. The molecule has 0 bridgehead atoms. The lowest BCUT2D eigenvalue weighted by atomic mass is 9.93. The molecule has 1 aliphatic carbocycles. The van der Waals surface area contributed by atoms with Crippen LogP contribution in [-0.4, -0.2) is 13.1 Å². The van der Waals surface area contributed by atoms with Gasteiger partial charge in [0.2, 0.25) is 0 Å². The topological polar surface area (TPSA) is 12.0 Å². The third kappa shape index (κ3) is 3.72. The Morgan fingerprint density at radius 2 is 2.07 bits per heavy atom. The average Bonchev–Trinajstić information content (AvgIpc) is 2.53. The van der Waals surface area contributed by atoms with E-state index in [0.717, 1.165) is 30.7 Å². The van der Waals surface area contributed by atoms with Crippen molar-refractivity contribution in [1.82, 2.24) is 5.32 Å². The standard InChI is InChI=1S/C13H23N/c1-4-6-12-7-5-8-13(12)10-14-9-11(2)3/h1,11-14H,5-10H2,2-3H3. The highest BCUT2D eigenvalue weighted by atomic mass is 14.9. The molecule has 1 rings (SSSR count). The van der Waals surface area contributed by atoms with Crippen LogP contribution in [-0.2, 0) is 0 Å². The minimum atomic E-state index is 0.752. The highest BCUT2D eigenvalue weighted by Gasteiger charge is 2.25. The summed E-state index contributed by atoms with van der Waals surface area (Å²) in [5.41, 5.74) is 0. The molecule has 1 N–H and O–H groups in total. The predicted octanol–water partition coefficient (Wildman–Crippen LogP) is 2.67. The minimum Gasteiger partial charge on any atom is -0.316 e. The number of nitrogens with one attached hydrogen (secondary N) is 1. The molecule has 0 spiro atoms. The lowest BCUT2D eigenvalue weighted by molar-refractivity contribution is 0.365. The largest absolute Gasteiger partial charge is 0.316 e. The SMILES string of the molecule is C#CCC1CCCC1CNCC(C)C. The zero-order valence-electron chi connectivity index (χ0n) is 9.55. The quantitative estimate of drug-likeness (QED) is 0.662. The van der Waals surface area contributed by atoms with Crippen molar-refractivity contribution >= 4 is 0 Å². The van der Waals surface area contributed by atoms with Crippen LogP contribution in [0.25, 0.3) is 0 Å². The summed E-state index contributed by atoms with van der Waals surface area (Å²) in [6.45, 7) is 6.81. The van der Waals surface area contributed by atoms with E-state index in [-0.39, 0.29) is 0 Å². The van der Waals surface area contributed by atoms with Gasteiger partial charge in [-0.2, -0.15) is 0 Å².